The molecule has 122 valence electrons. The topological polar surface area (TPSA) is 21.6 Å². The molecule has 0 amide bonds. The van der Waals surface area contributed by atoms with Crippen LogP contribution in [-0.2, 0) is 11.2 Å². The monoisotopic (exact) mass is 301 g/mol. The maximum atomic E-state index is 5.74. The summed E-state index contributed by atoms with van der Waals surface area (Å²) in [5.41, 5.74) is 2.55. The van der Waals surface area contributed by atoms with Crippen molar-refractivity contribution in [2.45, 2.75) is 71.8 Å². The Kier molecular flexibility index (Phi) is 6.95. The van der Waals surface area contributed by atoms with Crippen molar-refractivity contribution in [3.63, 3.8) is 0 Å². The first kappa shape index (κ1) is 17.1. The Morgan fingerprint density at radius 2 is 1.73 bits per heavy atom. The number of nitrogens with zero attached hydrogens (tertiary/aromatic N) is 1. The smallest absolute Gasteiger partial charge is 0.216 e. The van der Waals surface area contributed by atoms with Crippen LogP contribution in [0.15, 0.2) is 29.3 Å². The molecule has 1 aromatic carbocycles. The molecule has 1 aliphatic heterocycles. The molecule has 0 aliphatic carbocycles. The van der Waals surface area contributed by atoms with Crippen LogP contribution >= 0.6 is 0 Å². The van der Waals surface area contributed by atoms with Crippen LogP contribution in [0.5, 0.6) is 0 Å². The van der Waals surface area contributed by atoms with Gasteiger partial charge in [-0.25, -0.2) is 4.99 Å². The van der Waals surface area contributed by atoms with E-state index in [2.05, 4.69) is 50.0 Å². The molecule has 1 aromatic rings. The van der Waals surface area contributed by atoms with Gasteiger partial charge in [-0.3, -0.25) is 0 Å². The largest absolute Gasteiger partial charge is 0.475 e. The molecule has 1 aliphatic rings. The van der Waals surface area contributed by atoms with Gasteiger partial charge in [0.2, 0.25) is 5.90 Å². The van der Waals surface area contributed by atoms with Gasteiger partial charge in [-0.15, -0.1) is 0 Å². The number of hydrogen-bond acceptors (Lipinski definition) is 2. The van der Waals surface area contributed by atoms with Crippen LogP contribution in [0.3, 0.4) is 0 Å². The van der Waals surface area contributed by atoms with Crippen molar-refractivity contribution in [2.75, 3.05) is 6.61 Å². The fraction of sp³-hybridized carbons (Fsp3) is 0.650. The first-order valence-corrected chi connectivity index (χ1v) is 9.00. The van der Waals surface area contributed by atoms with Gasteiger partial charge in [-0.2, -0.15) is 0 Å². The van der Waals surface area contributed by atoms with Crippen LogP contribution in [-0.4, -0.2) is 18.5 Å². The summed E-state index contributed by atoms with van der Waals surface area (Å²) in [6.07, 6.45) is 9.33. The summed E-state index contributed by atoms with van der Waals surface area (Å²) in [5.74, 6) is 1.37. The van der Waals surface area contributed by atoms with E-state index in [4.69, 9.17) is 4.74 Å². The highest BCUT2D eigenvalue weighted by Crippen LogP contribution is 2.18. The summed E-state index contributed by atoms with van der Waals surface area (Å²) in [4.78, 5) is 4.69. The lowest BCUT2D eigenvalue weighted by atomic mass is 10.0. The van der Waals surface area contributed by atoms with E-state index in [1.807, 2.05) is 0 Å². The zero-order valence-electron chi connectivity index (χ0n) is 14.5. The summed E-state index contributed by atoms with van der Waals surface area (Å²) >= 11 is 0. The molecule has 1 heterocycles. The van der Waals surface area contributed by atoms with E-state index in [0.29, 0.717) is 12.0 Å². The van der Waals surface area contributed by atoms with Crippen LogP contribution < -0.4 is 0 Å². The highest BCUT2D eigenvalue weighted by atomic mass is 16.5. The third-order valence-electron chi connectivity index (χ3n) is 4.46. The van der Waals surface area contributed by atoms with Crippen molar-refractivity contribution in [2.24, 2.45) is 10.9 Å². The molecular formula is C20H31NO. The molecular weight excluding hydrogens is 270 g/mol. The molecule has 0 spiro atoms. The summed E-state index contributed by atoms with van der Waals surface area (Å²) in [7, 11) is 0. The second kappa shape index (κ2) is 8.97. The molecule has 22 heavy (non-hydrogen) atoms. The Morgan fingerprint density at radius 3 is 2.36 bits per heavy atom. The first-order chi connectivity index (χ1) is 10.7. The fourth-order valence-electron chi connectivity index (χ4n) is 2.81. The third kappa shape index (κ3) is 5.15. The molecule has 0 aromatic heterocycles. The number of unbranched alkanes of at least 4 members (excludes halogenated alkanes) is 5. The Hall–Kier alpha value is -1.31. The van der Waals surface area contributed by atoms with E-state index in [1.165, 1.54) is 50.5 Å². The van der Waals surface area contributed by atoms with Crippen molar-refractivity contribution >= 4 is 5.90 Å². The molecule has 2 rings (SSSR count). The highest BCUT2D eigenvalue weighted by Gasteiger charge is 2.22. The van der Waals surface area contributed by atoms with Crippen LogP contribution in [0.25, 0.3) is 0 Å². The molecule has 0 saturated carbocycles. The minimum Gasteiger partial charge on any atom is -0.475 e. The Morgan fingerprint density at radius 1 is 1.05 bits per heavy atom. The van der Waals surface area contributed by atoms with Crippen LogP contribution in [0.2, 0.25) is 0 Å². The Bertz CT molecular complexity index is 461. The van der Waals surface area contributed by atoms with Crippen molar-refractivity contribution < 1.29 is 4.74 Å². The van der Waals surface area contributed by atoms with Crippen LogP contribution in [0.1, 0.15) is 70.4 Å². The molecule has 2 heteroatoms. The molecule has 0 bridgehead atoms. The number of aryl methyl sites for hydroxylation is 1. The summed E-state index contributed by atoms with van der Waals surface area (Å²) in [6.45, 7) is 7.39. The second-order valence-corrected chi connectivity index (χ2v) is 6.77. The maximum Gasteiger partial charge on any atom is 0.216 e. The van der Waals surface area contributed by atoms with E-state index in [1.54, 1.807) is 0 Å². The molecule has 0 N–H and O–H groups in total. The normalized spacial score (nSPS) is 17.6. The number of hydrogen-bond donors (Lipinski definition) is 0. The van der Waals surface area contributed by atoms with Crippen LogP contribution in [0.4, 0.5) is 0 Å². The average molecular weight is 301 g/mol. The van der Waals surface area contributed by atoms with Gasteiger partial charge >= 0.3 is 0 Å². The average Bonchev–Trinajstić information content (AvgIpc) is 3.01. The summed E-state index contributed by atoms with van der Waals surface area (Å²) in [6, 6.07) is 9.10. The zero-order chi connectivity index (χ0) is 15.8. The van der Waals surface area contributed by atoms with Crippen molar-refractivity contribution in [1.82, 2.24) is 0 Å². The maximum absolute atomic E-state index is 5.74. The Labute approximate surface area is 136 Å². The van der Waals surface area contributed by atoms with Gasteiger partial charge in [0.05, 0.1) is 6.04 Å². The molecule has 0 radical (unpaired) electrons. The van der Waals surface area contributed by atoms with Gasteiger partial charge in [-0.05, 0) is 36.5 Å². The predicted molar refractivity (Wildman–Crippen MR) is 94.6 cm³/mol. The number of benzene rings is 1. The van der Waals surface area contributed by atoms with Gasteiger partial charge in [0.25, 0.3) is 0 Å². The number of rotatable bonds is 9. The van der Waals surface area contributed by atoms with Gasteiger partial charge in [0.15, 0.2) is 0 Å². The minimum absolute atomic E-state index is 0.317. The van der Waals surface area contributed by atoms with Crippen molar-refractivity contribution in [3.8, 4) is 0 Å². The van der Waals surface area contributed by atoms with Gasteiger partial charge < -0.3 is 4.74 Å². The first-order valence-electron chi connectivity index (χ1n) is 9.00. The number of ether oxygens (including phenoxy) is 1. The molecule has 0 saturated heterocycles. The highest BCUT2D eigenvalue weighted by molar-refractivity contribution is 5.95. The van der Waals surface area contributed by atoms with E-state index in [-0.39, 0.29) is 0 Å². The van der Waals surface area contributed by atoms with E-state index >= 15 is 0 Å². The lowest BCUT2D eigenvalue weighted by Gasteiger charge is -2.06. The van der Waals surface area contributed by atoms with Crippen molar-refractivity contribution in [3.05, 3.63) is 35.4 Å². The zero-order valence-corrected chi connectivity index (χ0v) is 14.5. The summed E-state index contributed by atoms with van der Waals surface area (Å²) in [5, 5.41) is 0. The van der Waals surface area contributed by atoms with Gasteiger partial charge in [-0.1, -0.05) is 65.0 Å². The minimum atomic E-state index is 0.317. The van der Waals surface area contributed by atoms with Crippen LogP contribution in [0, 0.1) is 5.92 Å². The third-order valence-corrected chi connectivity index (χ3v) is 4.46. The van der Waals surface area contributed by atoms with E-state index < -0.39 is 0 Å². The SMILES string of the molecule is CCCCCCCCc1ccc(C2=N[C@@H](C(C)C)CO2)cc1. The standard InChI is InChI=1S/C20H31NO/c1-4-5-6-7-8-9-10-17-11-13-18(14-12-17)20-21-19(15-22-20)16(2)3/h11-14,16,19H,4-10,15H2,1-3H3/t19-/m1/s1. The second-order valence-electron chi connectivity index (χ2n) is 6.77. The summed E-state index contributed by atoms with van der Waals surface area (Å²) < 4.78 is 5.74. The quantitative estimate of drug-likeness (QED) is 0.560. The molecule has 0 fully saturated rings. The Balaban J connectivity index is 1.77. The molecule has 1 atom stereocenters. The lowest BCUT2D eigenvalue weighted by Crippen LogP contribution is -2.13. The predicted octanol–water partition coefficient (Wildman–Crippen LogP) is 5.39. The van der Waals surface area contributed by atoms with E-state index in [9.17, 15) is 0 Å². The molecule has 2 nitrogen and oxygen atoms in total. The lowest BCUT2D eigenvalue weighted by molar-refractivity contribution is 0.292. The fourth-order valence-corrected chi connectivity index (χ4v) is 2.81. The van der Waals surface area contributed by atoms with Crippen molar-refractivity contribution in [1.29, 1.82) is 0 Å². The number of aliphatic imine (C=N–C) groups is 1. The van der Waals surface area contributed by atoms with E-state index in [0.717, 1.165) is 18.1 Å². The van der Waals surface area contributed by atoms with Gasteiger partial charge in [0, 0.05) is 5.56 Å². The molecule has 0 unspecified atom stereocenters. The van der Waals surface area contributed by atoms with Gasteiger partial charge in [0.1, 0.15) is 6.61 Å².